The van der Waals surface area contributed by atoms with E-state index in [-0.39, 0.29) is 0 Å². The summed E-state index contributed by atoms with van der Waals surface area (Å²) in [7, 11) is 0. The van der Waals surface area contributed by atoms with Crippen LogP contribution < -0.4 is 4.90 Å². The predicted octanol–water partition coefficient (Wildman–Crippen LogP) is 14.3. The van der Waals surface area contributed by atoms with E-state index in [1.165, 1.54) is 49.6 Å². The second-order valence-electron chi connectivity index (χ2n) is 14.1. The van der Waals surface area contributed by atoms with E-state index in [0.29, 0.717) is 0 Å². The Labute approximate surface area is 327 Å². The number of pyridine rings is 1. The highest BCUT2D eigenvalue weighted by molar-refractivity contribution is 6.09. The topological polar surface area (TPSA) is 21.1 Å². The molecule has 3 nitrogen and oxygen atoms in total. The van der Waals surface area contributed by atoms with Crippen LogP contribution in [-0.4, -0.2) is 9.55 Å². The first kappa shape index (κ1) is 33.1. The van der Waals surface area contributed by atoms with Crippen molar-refractivity contribution in [1.29, 1.82) is 0 Å². The van der Waals surface area contributed by atoms with Gasteiger partial charge in [-0.3, -0.25) is 4.98 Å². The van der Waals surface area contributed by atoms with Crippen molar-refractivity contribution < 1.29 is 0 Å². The fraction of sp³-hybridized carbons (Fsp3) is 0. The fourth-order valence-electron chi connectivity index (χ4n) is 7.92. The number of benzene rings is 8. The molecule has 56 heavy (non-hydrogen) atoms. The average molecular weight is 716 g/mol. The molecular weight excluding hydrogens is 679 g/mol. The Bertz CT molecular complexity index is 2790. The van der Waals surface area contributed by atoms with Crippen molar-refractivity contribution in [3.63, 3.8) is 0 Å². The van der Waals surface area contributed by atoms with E-state index in [2.05, 4.69) is 221 Å². The van der Waals surface area contributed by atoms with Gasteiger partial charge in [0.05, 0.1) is 11.0 Å². The first-order valence-corrected chi connectivity index (χ1v) is 19.0. The summed E-state index contributed by atoms with van der Waals surface area (Å²) in [4.78, 5) is 6.67. The zero-order chi connectivity index (χ0) is 37.3. The van der Waals surface area contributed by atoms with Crippen molar-refractivity contribution in [2.75, 3.05) is 4.90 Å². The second-order valence-corrected chi connectivity index (χ2v) is 14.1. The number of rotatable bonds is 8. The van der Waals surface area contributed by atoms with Crippen molar-refractivity contribution in [2.45, 2.75) is 0 Å². The molecular formula is C53H37N3. The van der Waals surface area contributed by atoms with Crippen LogP contribution in [-0.2, 0) is 0 Å². The van der Waals surface area contributed by atoms with Gasteiger partial charge in [0.15, 0.2) is 0 Å². The van der Waals surface area contributed by atoms with Crippen LogP contribution >= 0.6 is 0 Å². The zero-order valence-electron chi connectivity index (χ0n) is 30.7. The van der Waals surface area contributed by atoms with E-state index in [9.17, 15) is 0 Å². The zero-order valence-corrected chi connectivity index (χ0v) is 30.7. The van der Waals surface area contributed by atoms with E-state index in [0.717, 1.165) is 39.4 Å². The number of hydrogen-bond donors (Lipinski definition) is 0. The fourth-order valence-corrected chi connectivity index (χ4v) is 7.92. The lowest BCUT2D eigenvalue weighted by Gasteiger charge is -2.26. The molecule has 0 aliphatic heterocycles. The number of hydrogen-bond acceptors (Lipinski definition) is 2. The van der Waals surface area contributed by atoms with Gasteiger partial charge in [0.1, 0.15) is 0 Å². The minimum Gasteiger partial charge on any atom is -0.310 e. The van der Waals surface area contributed by atoms with E-state index >= 15 is 0 Å². The highest BCUT2D eigenvalue weighted by atomic mass is 15.1. The highest BCUT2D eigenvalue weighted by Gasteiger charge is 2.16. The molecule has 0 atom stereocenters. The molecule has 10 aromatic rings. The van der Waals surface area contributed by atoms with Gasteiger partial charge in [-0.05, 0) is 117 Å². The first-order valence-electron chi connectivity index (χ1n) is 19.0. The summed E-state index contributed by atoms with van der Waals surface area (Å²) < 4.78 is 2.36. The molecule has 0 aliphatic rings. The molecule has 0 radical (unpaired) electrons. The van der Waals surface area contributed by atoms with Gasteiger partial charge in [-0.2, -0.15) is 0 Å². The van der Waals surface area contributed by atoms with E-state index in [1.807, 2.05) is 18.5 Å². The largest absolute Gasteiger partial charge is 0.310 e. The minimum absolute atomic E-state index is 1.08. The number of aromatic nitrogens is 2. The van der Waals surface area contributed by atoms with Crippen molar-refractivity contribution in [3.05, 3.63) is 225 Å². The maximum absolute atomic E-state index is 4.33. The molecule has 2 heterocycles. The van der Waals surface area contributed by atoms with E-state index in [4.69, 9.17) is 0 Å². The third-order valence-electron chi connectivity index (χ3n) is 10.7. The standard InChI is InChI=1S/C53H37N3/c1-2-11-38(12-3-1)39-22-28-46(29-23-39)55(47-30-26-41(27-31-47)45-16-10-34-54-37-45)49-17-9-15-44(36-49)43-14-8-13-42(35-43)40-24-32-48(33-25-40)56-52-20-6-4-18-50(52)51-19-5-7-21-53(51)56/h1-37H. The second kappa shape index (κ2) is 14.4. The summed E-state index contributed by atoms with van der Waals surface area (Å²) in [5.74, 6) is 0. The summed E-state index contributed by atoms with van der Waals surface area (Å²) >= 11 is 0. The van der Waals surface area contributed by atoms with Crippen molar-refractivity contribution in [3.8, 4) is 50.2 Å². The van der Waals surface area contributed by atoms with E-state index in [1.54, 1.807) is 0 Å². The molecule has 264 valence electrons. The van der Waals surface area contributed by atoms with Crippen LogP contribution in [0.5, 0.6) is 0 Å². The molecule has 0 amide bonds. The summed E-state index contributed by atoms with van der Waals surface area (Å²) in [5, 5.41) is 2.54. The Morgan fingerprint density at radius 3 is 1.41 bits per heavy atom. The predicted molar refractivity (Wildman–Crippen MR) is 235 cm³/mol. The number of nitrogens with zero attached hydrogens (tertiary/aromatic N) is 3. The summed E-state index contributed by atoms with van der Waals surface area (Å²) in [6, 6.07) is 76.2. The van der Waals surface area contributed by atoms with Crippen LogP contribution in [0.1, 0.15) is 0 Å². The van der Waals surface area contributed by atoms with Gasteiger partial charge in [-0.1, -0.05) is 140 Å². The Kier molecular flexibility index (Phi) is 8.51. The normalized spacial score (nSPS) is 11.2. The quantitative estimate of drug-likeness (QED) is 0.156. The van der Waals surface area contributed by atoms with Gasteiger partial charge in [0, 0.05) is 45.9 Å². The Balaban J connectivity index is 0.996. The molecule has 0 saturated heterocycles. The van der Waals surface area contributed by atoms with Crippen LogP contribution in [0.3, 0.4) is 0 Å². The van der Waals surface area contributed by atoms with Crippen LogP contribution in [0.25, 0.3) is 72.0 Å². The van der Waals surface area contributed by atoms with Gasteiger partial charge < -0.3 is 9.47 Å². The monoisotopic (exact) mass is 715 g/mol. The van der Waals surface area contributed by atoms with E-state index < -0.39 is 0 Å². The maximum Gasteiger partial charge on any atom is 0.0541 e. The summed E-state index contributed by atoms with van der Waals surface area (Å²) in [6.45, 7) is 0. The Hall–Kier alpha value is -7.49. The van der Waals surface area contributed by atoms with Crippen LogP contribution in [0.15, 0.2) is 225 Å². The van der Waals surface area contributed by atoms with Crippen molar-refractivity contribution >= 4 is 38.9 Å². The molecule has 2 aromatic heterocycles. The van der Waals surface area contributed by atoms with Gasteiger partial charge in [-0.15, -0.1) is 0 Å². The van der Waals surface area contributed by atoms with Crippen LogP contribution in [0.2, 0.25) is 0 Å². The molecule has 0 saturated carbocycles. The SMILES string of the molecule is c1ccc(-c2ccc(N(c3ccc(-c4cccnc4)cc3)c3cccc(-c4cccc(-c5ccc(-n6c7ccccc7c7ccccc76)cc5)c4)c3)cc2)cc1. The molecule has 0 aliphatic carbocycles. The van der Waals surface area contributed by atoms with Crippen LogP contribution in [0.4, 0.5) is 17.1 Å². The molecule has 3 heteroatoms. The summed E-state index contributed by atoms with van der Waals surface area (Å²) in [6.07, 6.45) is 3.72. The van der Waals surface area contributed by atoms with Gasteiger partial charge >= 0.3 is 0 Å². The van der Waals surface area contributed by atoms with Crippen molar-refractivity contribution in [2.24, 2.45) is 0 Å². The van der Waals surface area contributed by atoms with Crippen LogP contribution in [0, 0.1) is 0 Å². The van der Waals surface area contributed by atoms with Gasteiger partial charge in [0.2, 0.25) is 0 Å². The molecule has 0 spiro atoms. The third kappa shape index (κ3) is 6.21. The maximum atomic E-state index is 4.33. The third-order valence-corrected chi connectivity index (χ3v) is 10.7. The summed E-state index contributed by atoms with van der Waals surface area (Å²) in [5.41, 5.74) is 16.2. The Morgan fingerprint density at radius 2 is 0.786 bits per heavy atom. The highest BCUT2D eigenvalue weighted by Crippen LogP contribution is 2.39. The lowest BCUT2D eigenvalue weighted by Crippen LogP contribution is -2.10. The first-order chi connectivity index (χ1) is 27.8. The number of fused-ring (bicyclic) bond motifs is 3. The number of para-hydroxylation sites is 2. The molecule has 8 aromatic carbocycles. The lowest BCUT2D eigenvalue weighted by atomic mass is 9.98. The lowest BCUT2D eigenvalue weighted by molar-refractivity contribution is 1.18. The van der Waals surface area contributed by atoms with Crippen molar-refractivity contribution in [1.82, 2.24) is 9.55 Å². The molecule has 0 bridgehead atoms. The van der Waals surface area contributed by atoms with Gasteiger partial charge in [-0.25, -0.2) is 0 Å². The van der Waals surface area contributed by atoms with Gasteiger partial charge in [0.25, 0.3) is 0 Å². The molecule has 0 fully saturated rings. The smallest absolute Gasteiger partial charge is 0.0541 e. The minimum atomic E-state index is 1.08. The molecule has 0 N–H and O–H groups in total. The average Bonchev–Trinajstić information content (AvgIpc) is 3.62. The number of anilines is 3. The molecule has 0 unspecified atom stereocenters. The molecule has 10 rings (SSSR count). The Morgan fingerprint density at radius 1 is 0.321 bits per heavy atom.